The van der Waals surface area contributed by atoms with E-state index in [1.807, 2.05) is 36.4 Å². The van der Waals surface area contributed by atoms with Crippen molar-refractivity contribution >= 4 is 40.2 Å². The molecule has 0 aliphatic rings. The molecule has 21 heavy (non-hydrogen) atoms. The zero-order chi connectivity index (χ0) is 14.7. The van der Waals surface area contributed by atoms with Gasteiger partial charge >= 0.3 is 0 Å². The standard InChI is InChI=1S/C16H11NO3S/c18-10-20-14-9-11(5-7-13(14)19)6-8-16-17-12-3-1-2-4-15(12)21-16/h1-10,19H/b8-6+. The summed E-state index contributed by atoms with van der Waals surface area (Å²) in [5, 5.41) is 10.4. The van der Waals surface area contributed by atoms with Crippen molar-refractivity contribution in [1.29, 1.82) is 0 Å². The van der Waals surface area contributed by atoms with E-state index in [0.717, 1.165) is 20.8 Å². The van der Waals surface area contributed by atoms with Crippen molar-refractivity contribution in [2.75, 3.05) is 0 Å². The van der Waals surface area contributed by atoms with Gasteiger partial charge in [-0.15, -0.1) is 11.3 Å². The number of ether oxygens (including phenoxy) is 1. The predicted octanol–water partition coefficient (Wildman–Crippen LogP) is 3.71. The Balaban J connectivity index is 1.88. The van der Waals surface area contributed by atoms with E-state index < -0.39 is 0 Å². The van der Waals surface area contributed by atoms with E-state index in [-0.39, 0.29) is 18.0 Å². The van der Waals surface area contributed by atoms with Gasteiger partial charge in [0.05, 0.1) is 10.2 Å². The van der Waals surface area contributed by atoms with Gasteiger partial charge in [0, 0.05) is 0 Å². The number of aromatic hydroxyl groups is 1. The molecular formula is C16H11NO3S. The largest absolute Gasteiger partial charge is 0.504 e. The third kappa shape index (κ3) is 2.93. The van der Waals surface area contributed by atoms with Gasteiger partial charge in [-0.2, -0.15) is 0 Å². The molecule has 5 heteroatoms. The normalized spacial score (nSPS) is 11.0. The summed E-state index contributed by atoms with van der Waals surface area (Å²) in [6.45, 7) is 0.288. The summed E-state index contributed by atoms with van der Waals surface area (Å²) in [4.78, 5) is 14.9. The molecule has 0 radical (unpaired) electrons. The number of carbonyl (C=O) groups excluding carboxylic acids is 1. The SMILES string of the molecule is O=COc1cc(/C=C/c2nc3ccccc3s2)ccc1O. The number of hydrogen-bond acceptors (Lipinski definition) is 5. The van der Waals surface area contributed by atoms with Gasteiger partial charge in [-0.3, -0.25) is 4.79 Å². The van der Waals surface area contributed by atoms with Crippen LogP contribution in [0.1, 0.15) is 10.6 Å². The fourth-order valence-corrected chi connectivity index (χ4v) is 2.78. The summed E-state index contributed by atoms with van der Waals surface area (Å²) < 4.78 is 5.83. The number of phenols is 1. The molecule has 0 saturated heterocycles. The van der Waals surface area contributed by atoms with E-state index in [4.69, 9.17) is 4.74 Å². The van der Waals surface area contributed by atoms with Crippen LogP contribution >= 0.6 is 11.3 Å². The lowest BCUT2D eigenvalue weighted by Crippen LogP contribution is -1.89. The fourth-order valence-electron chi connectivity index (χ4n) is 1.91. The van der Waals surface area contributed by atoms with Crippen LogP contribution in [0.2, 0.25) is 0 Å². The number of para-hydroxylation sites is 1. The van der Waals surface area contributed by atoms with Crippen molar-refractivity contribution in [2.45, 2.75) is 0 Å². The van der Waals surface area contributed by atoms with Gasteiger partial charge in [0.15, 0.2) is 11.5 Å². The Morgan fingerprint density at radius 1 is 1.14 bits per heavy atom. The molecule has 1 aromatic heterocycles. The minimum atomic E-state index is -0.0702. The molecule has 4 nitrogen and oxygen atoms in total. The number of thiazole rings is 1. The molecule has 0 aliphatic carbocycles. The van der Waals surface area contributed by atoms with E-state index >= 15 is 0 Å². The summed E-state index contributed by atoms with van der Waals surface area (Å²) in [6.07, 6.45) is 3.75. The maximum atomic E-state index is 10.4. The van der Waals surface area contributed by atoms with Crippen LogP contribution < -0.4 is 4.74 Å². The number of fused-ring (bicyclic) bond motifs is 1. The second-order valence-electron chi connectivity index (χ2n) is 4.29. The van der Waals surface area contributed by atoms with E-state index in [9.17, 15) is 9.90 Å². The summed E-state index contributed by atoms with van der Waals surface area (Å²) in [5.41, 5.74) is 1.78. The number of rotatable bonds is 4. The number of carbonyl (C=O) groups is 1. The molecule has 0 saturated carbocycles. The molecule has 104 valence electrons. The fraction of sp³-hybridized carbons (Fsp3) is 0. The van der Waals surface area contributed by atoms with Crippen LogP contribution in [0.4, 0.5) is 0 Å². The Hall–Kier alpha value is -2.66. The van der Waals surface area contributed by atoms with E-state index in [0.29, 0.717) is 0 Å². The van der Waals surface area contributed by atoms with Crippen LogP contribution in [-0.2, 0) is 4.79 Å². The van der Waals surface area contributed by atoms with Gasteiger partial charge in [0.1, 0.15) is 5.01 Å². The Morgan fingerprint density at radius 2 is 2.00 bits per heavy atom. The van der Waals surface area contributed by atoms with Crippen molar-refractivity contribution in [3.63, 3.8) is 0 Å². The van der Waals surface area contributed by atoms with Gasteiger partial charge in [-0.1, -0.05) is 24.3 Å². The lowest BCUT2D eigenvalue weighted by molar-refractivity contribution is -0.120. The smallest absolute Gasteiger partial charge is 0.298 e. The summed E-state index contributed by atoms with van der Waals surface area (Å²) >= 11 is 1.60. The number of phenolic OH excluding ortho intramolecular Hbond substituents is 1. The maximum Gasteiger partial charge on any atom is 0.298 e. The predicted molar refractivity (Wildman–Crippen MR) is 83.3 cm³/mol. The molecule has 3 aromatic rings. The Bertz CT molecular complexity index is 790. The first-order valence-corrected chi connectivity index (χ1v) is 7.05. The topological polar surface area (TPSA) is 59.4 Å². The van der Waals surface area contributed by atoms with Crippen molar-refractivity contribution in [2.24, 2.45) is 0 Å². The molecule has 0 spiro atoms. The third-order valence-corrected chi connectivity index (χ3v) is 3.89. The van der Waals surface area contributed by atoms with Crippen molar-refractivity contribution in [1.82, 2.24) is 4.98 Å². The molecule has 3 rings (SSSR count). The molecule has 0 aliphatic heterocycles. The van der Waals surface area contributed by atoms with Crippen molar-refractivity contribution < 1.29 is 14.6 Å². The van der Waals surface area contributed by atoms with Crippen LogP contribution in [0.3, 0.4) is 0 Å². The third-order valence-electron chi connectivity index (χ3n) is 2.89. The second kappa shape index (κ2) is 5.76. The zero-order valence-corrected chi connectivity index (χ0v) is 11.7. The molecule has 0 fully saturated rings. The summed E-state index contributed by atoms with van der Waals surface area (Å²) in [5.74, 6) is 0.0655. The van der Waals surface area contributed by atoms with Crippen LogP contribution in [0.15, 0.2) is 42.5 Å². The quantitative estimate of drug-likeness (QED) is 0.746. The van der Waals surface area contributed by atoms with Gasteiger partial charge in [0.2, 0.25) is 0 Å². The molecule has 2 aromatic carbocycles. The van der Waals surface area contributed by atoms with E-state index in [1.165, 1.54) is 6.07 Å². The van der Waals surface area contributed by atoms with E-state index in [1.54, 1.807) is 23.5 Å². The monoisotopic (exact) mass is 297 g/mol. The average molecular weight is 297 g/mol. The first kappa shape index (κ1) is 13.3. The first-order valence-electron chi connectivity index (χ1n) is 6.23. The molecular weight excluding hydrogens is 286 g/mol. The number of hydrogen-bond donors (Lipinski definition) is 1. The summed E-state index contributed by atoms with van der Waals surface area (Å²) in [6, 6.07) is 12.7. The summed E-state index contributed by atoms with van der Waals surface area (Å²) in [7, 11) is 0. The van der Waals surface area contributed by atoms with Crippen molar-refractivity contribution in [3.8, 4) is 11.5 Å². The highest BCUT2D eigenvalue weighted by atomic mass is 32.1. The molecule has 0 amide bonds. The Morgan fingerprint density at radius 3 is 2.81 bits per heavy atom. The maximum absolute atomic E-state index is 10.4. The van der Waals surface area contributed by atoms with Gasteiger partial charge < -0.3 is 9.84 Å². The van der Waals surface area contributed by atoms with Crippen LogP contribution in [-0.4, -0.2) is 16.6 Å². The molecule has 1 heterocycles. The average Bonchev–Trinajstić information content (AvgIpc) is 2.91. The van der Waals surface area contributed by atoms with Crippen LogP contribution in [0.25, 0.3) is 22.4 Å². The molecule has 1 N–H and O–H groups in total. The number of nitrogens with zero attached hydrogens (tertiary/aromatic N) is 1. The van der Waals surface area contributed by atoms with Gasteiger partial charge in [0.25, 0.3) is 6.47 Å². The minimum Gasteiger partial charge on any atom is -0.504 e. The Kier molecular flexibility index (Phi) is 3.66. The van der Waals surface area contributed by atoms with Crippen LogP contribution in [0.5, 0.6) is 11.5 Å². The molecule has 0 unspecified atom stereocenters. The number of benzene rings is 2. The number of aromatic nitrogens is 1. The van der Waals surface area contributed by atoms with Crippen LogP contribution in [0, 0.1) is 0 Å². The lowest BCUT2D eigenvalue weighted by atomic mass is 10.2. The highest BCUT2D eigenvalue weighted by Gasteiger charge is 2.03. The van der Waals surface area contributed by atoms with E-state index in [2.05, 4.69) is 4.98 Å². The lowest BCUT2D eigenvalue weighted by Gasteiger charge is -2.02. The minimum absolute atomic E-state index is 0.0702. The highest BCUT2D eigenvalue weighted by Crippen LogP contribution is 2.28. The van der Waals surface area contributed by atoms with Crippen molar-refractivity contribution in [3.05, 3.63) is 53.0 Å². The van der Waals surface area contributed by atoms with Gasteiger partial charge in [-0.25, -0.2) is 4.98 Å². The molecule has 0 atom stereocenters. The molecule has 0 bridgehead atoms. The second-order valence-corrected chi connectivity index (χ2v) is 5.36. The zero-order valence-electron chi connectivity index (χ0n) is 10.9. The first-order chi connectivity index (χ1) is 10.3. The van der Waals surface area contributed by atoms with Gasteiger partial charge in [-0.05, 0) is 35.9 Å². The highest BCUT2D eigenvalue weighted by molar-refractivity contribution is 7.19. The Labute approximate surface area is 125 Å².